The van der Waals surface area contributed by atoms with E-state index in [-0.39, 0.29) is 0 Å². The predicted molar refractivity (Wildman–Crippen MR) is 98.3 cm³/mol. The van der Waals surface area contributed by atoms with Gasteiger partial charge >= 0.3 is 0 Å². The van der Waals surface area contributed by atoms with Crippen LogP contribution in [0.15, 0.2) is 48.5 Å². The van der Waals surface area contributed by atoms with Crippen LogP contribution in [0, 0.1) is 0 Å². The van der Waals surface area contributed by atoms with E-state index in [1.165, 1.54) is 11.1 Å². The third-order valence-corrected chi connectivity index (χ3v) is 4.61. The van der Waals surface area contributed by atoms with Crippen molar-refractivity contribution < 1.29 is 13.9 Å². The van der Waals surface area contributed by atoms with Gasteiger partial charge in [0.15, 0.2) is 0 Å². The second-order valence-corrected chi connectivity index (χ2v) is 6.63. The Balaban J connectivity index is 2.11. The molecule has 0 bridgehead atoms. The van der Waals surface area contributed by atoms with Crippen LogP contribution in [0.5, 0.6) is 11.5 Å². The first-order valence-corrected chi connectivity index (χ1v) is 9.83. The number of rotatable bonds is 10. The second-order valence-electron chi connectivity index (χ2n) is 5.82. The van der Waals surface area contributed by atoms with Gasteiger partial charge < -0.3 is 13.9 Å². The normalized spacial score (nSPS) is 12.0. The van der Waals surface area contributed by atoms with E-state index in [4.69, 9.17) is 9.05 Å². The molecule has 0 amide bonds. The maximum atomic E-state index is 12.2. The van der Waals surface area contributed by atoms with Crippen molar-refractivity contribution in [2.45, 2.75) is 52.4 Å². The van der Waals surface area contributed by atoms with Crippen LogP contribution in [0.4, 0.5) is 0 Å². The number of hydrogen-bond donors (Lipinski definition) is 0. The Labute approximate surface area is 146 Å². The number of para-hydroxylation sites is 1. The molecule has 0 spiro atoms. The van der Waals surface area contributed by atoms with Gasteiger partial charge in [-0.1, -0.05) is 57.0 Å². The molecule has 0 radical (unpaired) electrons. The Hall–Kier alpha value is -1.57. The zero-order valence-corrected chi connectivity index (χ0v) is 15.4. The summed E-state index contributed by atoms with van der Waals surface area (Å²) in [6, 6.07) is 15.1. The van der Waals surface area contributed by atoms with Crippen LogP contribution in [-0.4, -0.2) is 0 Å². The van der Waals surface area contributed by atoms with Crippen molar-refractivity contribution in [2.24, 2.45) is 0 Å². The summed E-state index contributed by atoms with van der Waals surface area (Å²) in [5.41, 5.74) is 2.47. The lowest BCUT2D eigenvalue weighted by atomic mass is 9.97. The van der Waals surface area contributed by atoms with Gasteiger partial charge in [0.2, 0.25) is 8.60 Å². The summed E-state index contributed by atoms with van der Waals surface area (Å²) in [5.74, 6) is 1.24. The number of hydrogen-bond acceptors (Lipinski definition) is 3. The molecule has 2 aromatic carbocycles. The lowest BCUT2D eigenvalue weighted by molar-refractivity contribution is -0.189. The van der Waals surface area contributed by atoms with Gasteiger partial charge in [-0.2, -0.15) is 0 Å². The average molecular weight is 345 g/mol. The van der Waals surface area contributed by atoms with E-state index < -0.39 is 8.60 Å². The Morgan fingerprint density at radius 1 is 0.833 bits per heavy atom. The minimum Gasteiger partial charge on any atom is -0.765 e. The summed E-state index contributed by atoms with van der Waals surface area (Å²) >= 11 is 0. The minimum atomic E-state index is -2.24. The molecule has 0 aliphatic rings. The topological polar surface area (TPSA) is 41.5 Å². The maximum absolute atomic E-state index is 12.2. The van der Waals surface area contributed by atoms with Crippen LogP contribution < -0.4 is 13.9 Å². The fourth-order valence-corrected chi connectivity index (χ4v) is 3.26. The fourth-order valence-electron chi connectivity index (χ4n) is 2.60. The van der Waals surface area contributed by atoms with Crippen LogP contribution >= 0.6 is 8.60 Å². The van der Waals surface area contributed by atoms with Crippen LogP contribution in [0.25, 0.3) is 0 Å². The SMILES string of the molecule is CCCCc1cccc(OP([O-])Oc2ccccc2)c1CCCC. The van der Waals surface area contributed by atoms with E-state index in [9.17, 15) is 4.89 Å². The third-order valence-electron chi connectivity index (χ3n) is 3.91. The van der Waals surface area contributed by atoms with Crippen molar-refractivity contribution in [1.29, 1.82) is 0 Å². The quantitative estimate of drug-likeness (QED) is 0.540. The third kappa shape index (κ3) is 5.81. The molecule has 130 valence electrons. The van der Waals surface area contributed by atoms with E-state index in [0.29, 0.717) is 11.5 Å². The first kappa shape index (κ1) is 18.8. The largest absolute Gasteiger partial charge is 0.765 e. The highest BCUT2D eigenvalue weighted by atomic mass is 31.2. The Bertz CT molecular complexity index is 601. The van der Waals surface area contributed by atoms with Crippen molar-refractivity contribution in [3.63, 3.8) is 0 Å². The molecule has 0 aliphatic heterocycles. The molecule has 0 N–H and O–H groups in total. The monoisotopic (exact) mass is 345 g/mol. The Kier molecular flexibility index (Phi) is 8.07. The van der Waals surface area contributed by atoms with Crippen LogP contribution in [-0.2, 0) is 12.8 Å². The minimum absolute atomic E-state index is 0.552. The summed E-state index contributed by atoms with van der Waals surface area (Å²) < 4.78 is 11.0. The summed E-state index contributed by atoms with van der Waals surface area (Å²) in [6.45, 7) is 4.37. The molecule has 1 unspecified atom stereocenters. The molecular weight excluding hydrogens is 319 g/mol. The molecule has 0 aliphatic carbocycles. The van der Waals surface area contributed by atoms with Crippen molar-refractivity contribution in [2.75, 3.05) is 0 Å². The highest BCUT2D eigenvalue weighted by Crippen LogP contribution is 2.36. The molecule has 0 aromatic heterocycles. The van der Waals surface area contributed by atoms with E-state index in [1.54, 1.807) is 12.1 Å². The molecule has 4 heteroatoms. The zero-order chi connectivity index (χ0) is 17.2. The van der Waals surface area contributed by atoms with Gasteiger partial charge in [0, 0.05) is 0 Å². The Morgan fingerprint density at radius 2 is 1.54 bits per heavy atom. The van der Waals surface area contributed by atoms with E-state index in [0.717, 1.165) is 38.5 Å². The van der Waals surface area contributed by atoms with Gasteiger partial charge in [-0.3, -0.25) is 0 Å². The van der Waals surface area contributed by atoms with E-state index in [2.05, 4.69) is 19.9 Å². The summed E-state index contributed by atoms with van der Waals surface area (Å²) in [4.78, 5) is 12.2. The molecule has 0 saturated heterocycles. The standard InChI is InChI=1S/C20H26O3P/c1-3-5-11-17-12-10-16-20(19(17)15-6-4-2)23-24(21)22-18-13-8-7-9-14-18/h7-10,12-14,16H,3-6,11,15H2,1-2H3/q-1. The molecule has 3 nitrogen and oxygen atoms in total. The Morgan fingerprint density at radius 3 is 2.25 bits per heavy atom. The van der Waals surface area contributed by atoms with Crippen LogP contribution in [0.2, 0.25) is 0 Å². The van der Waals surface area contributed by atoms with Crippen molar-refractivity contribution >= 4 is 8.60 Å². The average Bonchev–Trinajstić information content (AvgIpc) is 2.60. The van der Waals surface area contributed by atoms with E-state index >= 15 is 0 Å². The van der Waals surface area contributed by atoms with Gasteiger partial charge in [-0.25, -0.2) is 0 Å². The lowest BCUT2D eigenvalue weighted by Gasteiger charge is -2.25. The van der Waals surface area contributed by atoms with Gasteiger partial charge in [0.25, 0.3) is 0 Å². The maximum Gasteiger partial charge on any atom is 0.210 e. The number of aryl methyl sites for hydroxylation is 1. The van der Waals surface area contributed by atoms with Gasteiger partial charge in [-0.05, 0) is 55.0 Å². The van der Waals surface area contributed by atoms with E-state index in [1.807, 2.05) is 30.3 Å². The van der Waals surface area contributed by atoms with Gasteiger partial charge in [0.1, 0.15) is 11.5 Å². The first-order chi connectivity index (χ1) is 11.7. The second kappa shape index (κ2) is 10.3. The smallest absolute Gasteiger partial charge is 0.210 e. The molecule has 24 heavy (non-hydrogen) atoms. The molecule has 0 heterocycles. The molecule has 0 fully saturated rings. The van der Waals surface area contributed by atoms with Crippen molar-refractivity contribution in [1.82, 2.24) is 0 Å². The predicted octanol–water partition coefficient (Wildman–Crippen LogP) is 5.42. The number of unbranched alkanes of at least 4 members (excludes halogenated alkanes) is 2. The molecule has 1 atom stereocenters. The van der Waals surface area contributed by atoms with Crippen LogP contribution in [0.3, 0.4) is 0 Å². The molecule has 2 aromatic rings. The summed E-state index contributed by atoms with van der Waals surface area (Å²) in [7, 11) is -2.24. The highest BCUT2D eigenvalue weighted by molar-refractivity contribution is 7.39. The van der Waals surface area contributed by atoms with Gasteiger partial charge in [0.05, 0.1) is 0 Å². The lowest BCUT2D eigenvalue weighted by Crippen LogP contribution is -2.09. The fraction of sp³-hybridized carbons (Fsp3) is 0.400. The summed E-state index contributed by atoms with van der Waals surface area (Å²) in [5, 5.41) is 0. The zero-order valence-electron chi connectivity index (χ0n) is 14.5. The van der Waals surface area contributed by atoms with Crippen LogP contribution in [0.1, 0.15) is 50.7 Å². The molecule has 0 saturated carbocycles. The van der Waals surface area contributed by atoms with Gasteiger partial charge in [-0.15, -0.1) is 0 Å². The summed E-state index contributed by atoms with van der Waals surface area (Å²) in [6.07, 6.45) is 6.49. The van der Waals surface area contributed by atoms with Crippen molar-refractivity contribution in [3.05, 3.63) is 59.7 Å². The highest BCUT2D eigenvalue weighted by Gasteiger charge is 2.11. The molecule has 2 rings (SSSR count). The number of benzene rings is 2. The van der Waals surface area contributed by atoms with Crippen molar-refractivity contribution in [3.8, 4) is 11.5 Å². The molecular formula is C20H26O3P-. The first-order valence-electron chi connectivity index (χ1n) is 8.73.